The summed E-state index contributed by atoms with van der Waals surface area (Å²) in [6.45, 7) is 0. The van der Waals surface area contributed by atoms with Crippen LogP contribution in [0.3, 0.4) is 0 Å². The van der Waals surface area contributed by atoms with Crippen molar-refractivity contribution in [2.24, 2.45) is 0 Å². The maximum absolute atomic E-state index is 11.1. The maximum Gasteiger partial charge on any atom is 1.00 e. The van der Waals surface area contributed by atoms with Crippen LogP contribution in [0.5, 0.6) is 0 Å². The number of carbonyl (C=O) groups excluding carboxylic acids is 1. The Balaban J connectivity index is 0.000000471. The van der Waals surface area contributed by atoms with Crippen molar-refractivity contribution in [1.29, 1.82) is 0 Å². The molecule has 4 N–H and O–H groups in total. The number of aromatic nitrogens is 2. The minimum Gasteiger partial charge on any atom is -0.870 e. The Morgan fingerprint density at radius 2 is 1.43 bits per heavy atom. The second-order valence-electron chi connectivity index (χ2n) is 4.79. The normalized spacial score (nSPS) is 9.18. The van der Waals surface area contributed by atoms with Crippen LogP contribution in [-0.4, -0.2) is 45.1 Å². The third-order valence-electron chi connectivity index (χ3n) is 3.17. The van der Waals surface area contributed by atoms with Gasteiger partial charge in [0.25, 0.3) is 0 Å². The van der Waals surface area contributed by atoms with E-state index in [9.17, 15) is 9.59 Å². The van der Waals surface area contributed by atoms with Crippen LogP contribution >= 0.6 is 22.7 Å². The summed E-state index contributed by atoms with van der Waals surface area (Å²) in [5.41, 5.74) is 1.59. The van der Waals surface area contributed by atoms with E-state index in [1.165, 1.54) is 29.8 Å². The summed E-state index contributed by atoms with van der Waals surface area (Å²) in [6, 6.07) is 10.8. The van der Waals surface area contributed by atoms with Gasteiger partial charge in [0, 0.05) is 12.4 Å². The molecule has 0 fully saturated rings. The number of hydrogen-bond acceptors (Lipinski definition) is 8. The summed E-state index contributed by atoms with van der Waals surface area (Å²) < 4.78 is 6.52. The number of methoxy groups -OCH3 is 1. The van der Waals surface area contributed by atoms with Gasteiger partial charge in [-0.05, 0) is 36.4 Å². The molecule has 0 aliphatic heterocycles. The number of thiophene rings is 2. The van der Waals surface area contributed by atoms with Crippen molar-refractivity contribution in [3.63, 3.8) is 0 Å². The maximum atomic E-state index is 11.1. The number of hydrogen-bond donors (Lipinski definition) is 1. The number of carboxylic acid groups (broad SMARTS) is 1. The first kappa shape index (κ1) is 25.7. The number of carbonyl (C=O) groups is 2. The zero-order chi connectivity index (χ0) is 17.8. The van der Waals surface area contributed by atoms with Crippen molar-refractivity contribution in [2.75, 3.05) is 7.11 Å². The van der Waals surface area contributed by atoms with Crippen molar-refractivity contribution in [1.82, 2.24) is 9.97 Å². The van der Waals surface area contributed by atoms with Crippen LogP contribution in [0.25, 0.3) is 20.4 Å². The van der Waals surface area contributed by atoms with Gasteiger partial charge in [0.15, 0.2) is 0 Å². The van der Waals surface area contributed by atoms with E-state index in [-0.39, 0.29) is 35.8 Å². The molecule has 4 aromatic heterocycles. The standard InChI is InChI=1S/C9H7NO2S.C8H5NO2S.Li.2H2O/c1-12-9(11)8-5-6-7(13-8)3-2-4-10-6;10-8(11)7-4-5-6(12-7)2-1-3-9-5;;;/h2-5H,1H3;1-4H,(H,10,11);;2*1H2/q;;+1;;/p-1. The van der Waals surface area contributed by atoms with E-state index < -0.39 is 5.97 Å². The summed E-state index contributed by atoms with van der Waals surface area (Å²) >= 11 is 2.64. The van der Waals surface area contributed by atoms with Crippen LogP contribution in [0.15, 0.2) is 48.8 Å². The second kappa shape index (κ2) is 11.5. The minimum absolute atomic E-state index is 0. The molecule has 28 heavy (non-hydrogen) atoms. The molecule has 0 aromatic carbocycles. The SMILES string of the molecule is COC(=O)c1cc2ncccc2s1.O.O=C(O)c1cc2ncccc2s1.[Li+].[OH-]. The Hall–Kier alpha value is -2.32. The Morgan fingerprint density at radius 3 is 1.86 bits per heavy atom. The van der Waals surface area contributed by atoms with Gasteiger partial charge in [-0.25, -0.2) is 9.59 Å². The number of aromatic carboxylic acids is 1. The summed E-state index contributed by atoms with van der Waals surface area (Å²) in [4.78, 5) is 30.8. The van der Waals surface area contributed by atoms with Gasteiger partial charge in [-0.3, -0.25) is 9.97 Å². The Labute approximate surface area is 179 Å². The minimum atomic E-state index is -0.891. The van der Waals surface area contributed by atoms with E-state index >= 15 is 0 Å². The van der Waals surface area contributed by atoms with Gasteiger partial charge in [-0.2, -0.15) is 0 Å². The van der Waals surface area contributed by atoms with Crippen molar-refractivity contribution in [3.8, 4) is 0 Å². The van der Waals surface area contributed by atoms with E-state index in [1.54, 1.807) is 30.6 Å². The van der Waals surface area contributed by atoms with E-state index in [0.29, 0.717) is 9.75 Å². The van der Waals surface area contributed by atoms with E-state index in [1.807, 2.05) is 18.2 Å². The topological polar surface area (TPSA) is 151 Å². The molecule has 0 aliphatic rings. The van der Waals surface area contributed by atoms with Crippen LogP contribution in [0, 0.1) is 0 Å². The number of esters is 1. The largest absolute Gasteiger partial charge is 1.00 e. The number of rotatable bonds is 2. The van der Waals surface area contributed by atoms with Crippen molar-refractivity contribution < 1.29 is 49.2 Å². The monoisotopic (exact) mass is 414 g/mol. The fraction of sp³-hybridized carbons (Fsp3) is 0.0588. The summed E-state index contributed by atoms with van der Waals surface area (Å²) in [5.74, 6) is -1.19. The Morgan fingerprint density at radius 1 is 0.964 bits per heavy atom. The van der Waals surface area contributed by atoms with Crippen molar-refractivity contribution in [2.45, 2.75) is 0 Å². The molecule has 0 aliphatic carbocycles. The van der Waals surface area contributed by atoms with Gasteiger partial charge < -0.3 is 20.8 Å². The zero-order valence-corrected chi connectivity index (χ0v) is 16.6. The van der Waals surface area contributed by atoms with Crippen molar-refractivity contribution in [3.05, 3.63) is 58.5 Å². The number of nitrogens with zero attached hydrogens (tertiary/aromatic N) is 2. The summed E-state index contributed by atoms with van der Waals surface area (Å²) in [5, 5.41) is 8.67. The van der Waals surface area contributed by atoms with Gasteiger partial charge in [0.1, 0.15) is 9.75 Å². The zero-order valence-electron chi connectivity index (χ0n) is 14.9. The molecule has 4 aromatic rings. The molecule has 4 rings (SSSR count). The van der Waals surface area contributed by atoms with Gasteiger partial charge in [0.05, 0.1) is 27.5 Å². The molecular weight excluding hydrogens is 399 g/mol. The molecule has 0 radical (unpaired) electrons. The van der Waals surface area contributed by atoms with Crippen LogP contribution < -0.4 is 18.9 Å². The first-order chi connectivity index (χ1) is 12.1. The van der Waals surface area contributed by atoms with Gasteiger partial charge >= 0.3 is 30.8 Å². The molecule has 0 amide bonds. The molecule has 0 saturated carbocycles. The number of fused-ring (bicyclic) bond motifs is 2. The summed E-state index contributed by atoms with van der Waals surface area (Å²) in [6.07, 6.45) is 3.36. The van der Waals surface area contributed by atoms with E-state index in [0.717, 1.165) is 20.4 Å². The molecule has 0 spiro atoms. The van der Waals surface area contributed by atoms with E-state index in [2.05, 4.69) is 14.7 Å². The average molecular weight is 414 g/mol. The molecular formula is C17H15LiN2O6S2. The third kappa shape index (κ3) is 5.84. The Kier molecular flexibility index (Phi) is 10.6. The van der Waals surface area contributed by atoms with Crippen LogP contribution in [0.4, 0.5) is 0 Å². The Bertz CT molecular complexity index is 1000. The van der Waals surface area contributed by atoms with Crippen molar-refractivity contribution >= 4 is 55.0 Å². The van der Waals surface area contributed by atoms with Gasteiger partial charge in [-0.15, -0.1) is 22.7 Å². The molecule has 0 atom stereocenters. The third-order valence-corrected chi connectivity index (χ3v) is 5.32. The van der Waals surface area contributed by atoms with Gasteiger partial charge in [-0.1, -0.05) is 0 Å². The van der Waals surface area contributed by atoms with Gasteiger partial charge in [0.2, 0.25) is 0 Å². The summed E-state index contributed by atoms with van der Waals surface area (Å²) in [7, 11) is 1.38. The van der Waals surface area contributed by atoms with Crippen LogP contribution in [-0.2, 0) is 4.74 Å². The van der Waals surface area contributed by atoms with Crippen LogP contribution in [0.1, 0.15) is 19.3 Å². The molecule has 4 heterocycles. The second-order valence-corrected chi connectivity index (χ2v) is 6.96. The molecule has 0 unspecified atom stereocenters. The fourth-order valence-electron chi connectivity index (χ4n) is 2.05. The fourth-order valence-corrected chi connectivity index (χ4v) is 3.84. The number of pyridine rings is 2. The molecule has 142 valence electrons. The first-order valence-electron chi connectivity index (χ1n) is 7.09. The quantitative estimate of drug-likeness (QED) is 0.360. The first-order valence-corrected chi connectivity index (χ1v) is 8.72. The predicted molar refractivity (Wildman–Crippen MR) is 103 cm³/mol. The number of carboxylic acids is 1. The predicted octanol–water partition coefficient (Wildman–Crippen LogP) is 0.0799. The molecule has 8 nitrogen and oxygen atoms in total. The van der Waals surface area contributed by atoms with Crippen LogP contribution in [0.2, 0.25) is 0 Å². The number of ether oxygens (including phenoxy) is 1. The molecule has 0 saturated heterocycles. The smallest absolute Gasteiger partial charge is 0.870 e. The molecule has 0 bridgehead atoms. The molecule has 11 heteroatoms. The van der Waals surface area contributed by atoms with E-state index in [4.69, 9.17) is 5.11 Å². The average Bonchev–Trinajstić information content (AvgIpc) is 3.25.